The monoisotopic (exact) mass is 259 g/mol. The fourth-order valence-electron chi connectivity index (χ4n) is 3.25. The highest BCUT2D eigenvalue weighted by Crippen LogP contribution is 2.41. The molecule has 2 fully saturated rings. The second-order valence-electron chi connectivity index (χ2n) is 6.28. The van der Waals surface area contributed by atoms with E-state index < -0.39 is 0 Å². The minimum atomic E-state index is -0.0353. The lowest BCUT2D eigenvalue weighted by atomic mass is 9.87. The van der Waals surface area contributed by atoms with E-state index in [2.05, 4.69) is 29.6 Å². The maximum absolute atomic E-state index is 9.51. The number of hydrogen-bond acceptors (Lipinski definition) is 2. The van der Waals surface area contributed by atoms with E-state index in [0.29, 0.717) is 0 Å². The largest absolute Gasteiger partial charge is 0.393 e. The van der Waals surface area contributed by atoms with E-state index in [1.165, 1.54) is 31.2 Å². The molecule has 0 saturated heterocycles. The highest BCUT2D eigenvalue weighted by Gasteiger charge is 2.25. The SMILES string of the molecule is OC1CCC(CNCc2ccccc2C2CC2)CC1. The fraction of sp³-hybridized carbons (Fsp3) is 0.647. The van der Waals surface area contributed by atoms with Gasteiger partial charge in [-0.1, -0.05) is 24.3 Å². The van der Waals surface area contributed by atoms with Gasteiger partial charge >= 0.3 is 0 Å². The molecular weight excluding hydrogens is 234 g/mol. The van der Waals surface area contributed by atoms with Crippen LogP contribution in [-0.4, -0.2) is 17.8 Å². The molecule has 0 bridgehead atoms. The van der Waals surface area contributed by atoms with Crippen LogP contribution in [0.25, 0.3) is 0 Å². The van der Waals surface area contributed by atoms with E-state index in [9.17, 15) is 5.11 Å². The van der Waals surface area contributed by atoms with Gasteiger partial charge in [0.15, 0.2) is 0 Å². The van der Waals surface area contributed by atoms with Crippen LogP contribution < -0.4 is 5.32 Å². The van der Waals surface area contributed by atoms with Gasteiger partial charge in [-0.3, -0.25) is 0 Å². The number of hydrogen-bond donors (Lipinski definition) is 2. The predicted molar refractivity (Wildman–Crippen MR) is 78.1 cm³/mol. The van der Waals surface area contributed by atoms with Crippen molar-refractivity contribution in [1.29, 1.82) is 0 Å². The minimum absolute atomic E-state index is 0.0353. The average Bonchev–Trinajstić information content (AvgIpc) is 3.26. The number of aliphatic hydroxyl groups is 1. The van der Waals surface area contributed by atoms with Gasteiger partial charge < -0.3 is 10.4 Å². The van der Waals surface area contributed by atoms with Crippen LogP contribution >= 0.6 is 0 Å². The van der Waals surface area contributed by atoms with Crippen molar-refractivity contribution < 1.29 is 5.11 Å². The van der Waals surface area contributed by atoms with Crippen molar-refractivity contribution in [2.75, 3.05) is 6.54 Å². The summed E-state index contributed by atoms with van der Waals surface area (Å²) in [5.74, 6) is 1.60. The molecule has 1 aromatic rings. The topological polar surface area (TPSA) is 32.3 Å². The molecule has 0 aliphatic heterocycles. The molecule has 2 aliphatic carbocycles. The van der Waals surface area contributed by atoms with Crippen LogP contribution in [-0.2, 0) is 6.54 Å². The summed E-state index contributed by atoms with van der Waals surface area (Å²) in [6, 6.07) is 8.89. The lowest BCUT2D eigenvalue weighted by Crippen LogP contribution is -2.27. The lowest BCUT2D eigenvalue weighted by molar-refractivity contribution is 0.108. The minimum Gasteiger partial charge on any atom is -0.393 e. The van der Waals surface area contributed by atoms with Gasteiger partial charge in [0.2, 0.25) is 0 Å². The van der Waals surface area contributed by atoms with Crippen molar-refractivity contribution in [2.24, 2.45) is 5.92 Å². The van der Waals surface area contributed by atoms with Crippen LogP contribution in [0, 0.1) is 5.92 Å². The molecule has 2 saturated carbocycles. The molecule has 0 amide bonds. The second-order valence-corrected chi connectivity index (χ2v) is 6.28. The Morgan fingerprint density at radius 2 is 1.74 bits per heavy atom. The molecule has 0 radical (unpaired) electrons. The summed E-state index contributed by atoms with van der Waals surface area (Å²) in [6.45, 7) is 2.11. The summed E-state index contributed by atoms with van der Waals surface area (Å²) in [5, 5.41) is 13.1. The molecule has 0 aromatic heterocycles. The Balaban J connectivity index is 1.47. The maximum atomic E-state index is 9.51. The van der Waals surface area contributed by atoms with Gasteiger partial charge in [-0.15, -0.1) is 0 Å². The highest BCUT2D eigenvalue weighted by molar-refractivity contribution is 5.33. The molecule has 104 valence electrons. The van der Waals surface area contributed by atoms with Gasteiger partial charge in [-0.25, -0.2) is 0 Å². The van der Waals surface area contributed by atoms with E-state index in [0.717, 1.165) is 37.8 Å². The molecule has 1 aromatic carbocycles. The highest BCUT2D eigenvalue weighted by atomic mass is 16.3. The summed E-state index contributed by atoms with van der Waals surface area (Å²) >= 11 is 0. The second kappa shape index (κ2) is 6.06. The molecule has 0 spiro atoms. The fourth-order valence-corrected chi connectivity index (χ4v) is 3.25. The zero-order valence-corrected chi connectivity index (χ0v) is 11.6. The van der Waals surface area contributed by atoms with Crippen molar-refractivity contribution in [3.05, 3.63) is 35.4 Å². The number of benzene rings is 1. The predicted octanol–water partition coefficient (Wildman–Crippen LogP) is 3.20. The quantitative estimate of drug-likeness (QED) is 0.851. The standard InChI is InChI=1S/C17H25NO/c19-16-9-5-13(6-10-16)11-18-12-15-3-1-2-4-17(15)14-7-8-14/h1-4,13-14,16,18-19H,5-12H2. The van der Waals surface area contributed by atoms with Gasteiger partial charge in [-0.05, 0) is 68.0 Å². The number of nitrogens with one attached hydrogen (secondary N) is 1. The molecule has 2 nitrogen and oxygen atoms in total. The van der Waals surface area contributed by atoms with E-state index >= 15 is 0 Å². The molecular formula is C17H25NO. The first kappa shape index (κ1) is 13.1. The summed E-state index contributed by atoms with van der Waals surface area (Å²) in [6.07, 6.45) is 7.05. The van der Waals surface area contributed by atoms with Crippen LogP contribution in [0.1, 0.15) is 55.6 Å². The average molecular weight is 259 g/mol. The molecule has 0 unspecified atom stereocenters. The van der Waals surface area contributed by atoms with Crippen molar-refractivity contribution in [3.8, 4) is 0 Å². The van der Waals surface area contributed by atoms with Crippen LogP contribution in [0.2, 0.25) is 0 Å². The van der Waals surface area contributed by atoms with Crippen LogP contribution in [0.5, 0.6) is 0 Å². The van der Waals surface area contributed by atoms with Gasteiger partial charge in [-0.2, -0.15) is 0 Å². The van der Waals surface area contributed by atoms with Gasteiger partial charge in [0.1, 0.15) is 0 Å². The smallest absolute Gasteiger partial charge is 0.0540 e. The number of aliphatic hydroxyl groups excluding tert-OH is 1. The zero-order chi connectivity index (χ0) is 13.1. The Bertz CT molecular complexity index is 405. The normalized spacial score (nSPS) is 27.4. The summed E-state index contributed by atoms with van der Waals surface area (Å²) in [7, 11) is 0. The molecule has 19 heavy (non-hydrogen) atoms. The molecule has 2 heteroatoms. The van der Waals surface area contributed by atoms with Crippen LogP contribution in [0.4, 0.5) is 0 Å². The lowest BCUT2D eigenvalue weighted by Gasteiger charge is -2.25. The van der Waals surface area contributed by atoms with Crippen molar-refractivity contribution in [2.45, 2.75) is 57.1 Å². The van der Waals surface area contributed by atoms with E-state index in [-0.39, 0.29) is 6.10 Å². The zero-order valence-electron chi connectivity index (χ0n) is 11.6. The van der Waals surface area contributed by atoms with Crippen LogP contribution in [0.3, 0.4) is 0 Å². The third kappa shape index (κ3) is 3.58. The summed E-state index contributed by atoms with van der Waals surface area (Å²) < 4.78 is 0. The van der Waals surface area contributed by atoms with Gasteiger partial charge in [0.05, 0.1) is 6.10 Å². The van der Waals surface area contributed by atoms with E-state index in [1.54, 1.807) is 5.56 Å². The third-order valence-electron chi connectivity index (χ3n) is 4.64. The molecule has 0 atom stereocenters. The number of rotatable bonds is 5. The Labute approximate surface area is 116 Å². The van der Waals surface area contributed by atoms with Gasteiger partial charge in [0, 0.05) is 6.54 Å². The van der Waals surface area contributed by atoms with Crippen molar-refractivity contribution in [3.63, 3.8) is 0 Å². The van der Waals surface area contributed by atoms with Crippen molar-refractivity contribution >= 4 is 0 Å². The Kier molecular flexibility index (Phi) is 4.19. The Hall–Kier alpha value is -0.860. The Morgan fingerprint density at radius 1 is 1.00 bits per heavy atom. The van der Waals surface area contributed by atoms with Crippen LogP contribution in [0.15, 0.2) is 24.3 Å². The molecule has 2 aliphatic rings. The Morgan fingerprint density at radius 3 is 2.47 bits per heavy atom. The molecule has 2 N–H and O–H groups in total. The maximum Gasteiger partial charge on any atom is 0.0540 e. The molecule has 0 heterocycles. The van der Waals surface area contributed by atoms with E-state index in [4.69, 9.17) is 0 Å². The van der Waals surface area contributed by atoms with E-state index in [1.807, 2.05) is 0 Å². The molecule has 3 rings (SSSR count). The third-order valence-corrected chi connectivity index (χ3v) is 4.64. The first-order chi connectivity index (χ1) is 9.33. The van der Waals surface area contributed by atoms with Gasteiger partial charge in [0.25, 0.3) is 0 Å². The van der Waals surface area contributed by atoms with Crippen molar-refractivity contribution in [1.82, 2.24) is 5.32 Å². The first-order valence-corrected chi connectivity index (χ1v) is 7.79. The first-order valence-electron chi connectivity index (χ1n) is 7.79. The summed E-state index contributed by atoms with van der Waals surface area (Å²) in [4.78, 5) is 0. The summed E-state index contributed by atoms with van der Waals surface area (Å²) in [5.41, 5.74) is 3.05.